The Hall–Kier alpha value is -2.46. The molecule has 6 saturated carbocycles. The molecule has 0 radical (unpaired) electrons. The lowest BCUT2D eigenvalue weighted by atomic mass is 9.49. The average molecular weight is 517 g/mol. The maximum absolute atomic E-state index is 13.6. The largest absolute Gasteiger partial charge is 0.458 e. The van der Waals surface area contributed by atoms with E-state index in [0.29, 0.717) is 24.2 Å². The molecule has 1 heterocycles. The van der Waals surface area contributed by atoms with Crippen molar-refractivity contribution in [3.63, 3.8) is 0 Å². The third-order valence-electron chi connectivity index (χ3n) is 9.87. The molecular weight excluding hydrogens is 488 g/mol. The van der Waals surface area contributed by atoms with E-state index in [1.54, 1.807) is 0 Å². The molecule has 10 heteroatoms. The predicted octanol–water partition coefficient (Wildman–Crippen LogP) is 2.77. The van der Waals surface area contributed by atoms with E-state index in [-0.39, 0.29) is 28.5 Å². The minimum absolute atomic E-state index is 0.0974. The van der Waals surface area contributed by atoms with Crippen LogP contribution in [0.4, 0.5) is 0 Å². The number of esters is 3. The number of hydrogen-bond donors (Lipinski definition) is 1. The lowest BCUT2D eigenvalue weighted by Gasteiger charge is -2.55. The van der Waals surface area contributed by atoms with E-state index in [1.807, 2.05) is 0 Å². The van der Waals surface area contributed by atoms with Crippen LogP contribution < -0.4 is 4.74 Å². The van der Waals surface area contributed by atoms with E-state index >= 15 is 0 Å². The molecule has 0 spiro atoms. The SMILES string of the molecule is O=C1OC2C3C[C@@H](C2OC(=O)C24CC5CC(CC(C5)C2)C4)C(C(=O)Oc2ccc(S(=O)(=O)O)cc2)C13. The summed E-state index contributed by atoms with van der Waals surface area (Å²) in [5.74, 6) is -1.37. The highest BCUT2D eigenvalue weighted by Gasteiger charge is 2.71. The first-order chi connectivity index (χ1) is 17.1. The average Bonchev–Trinajstić information content (AvgIpc) is 3.42. The summed E-state index contributed by atoms with van der Waals surface area (Å²) in [7, 11) is -4.37. The Labute approximate surface area is 208 Å². The first kappa shape index (κ1) is 22.7. The van der Waals surface area contributed by atoms with E-state index in [2.05, 4.69) is 0 Å². The zero-order valence-electron chi connectivity index (χ0n) is 19.6. The molecule has 6 bridgehead atoms. The summed E-state index contributed by atoms with van der Waals surface area (Å²) in [4.78, 5) is 39.2. The molecule has 1 saturated heterocycles. The first-order valence-corrected chi connectivity index (χ1v) is 14.3. The van der Waals surface area contributed by atoms with Crippen LogP contribution in [0.2, 0.25) is 0 Å². The van der Waals surface area contributed by atoms with Gasteiger partial charge in [0.1, 0.15) is 18.0 Å². The Morgan fingerprint density at radius 2 is 1.56 bits per heavy atom. The highest BCUT2D eigenvalue weighted by molar-refractivity contribution is 7.85. The normalized spacial score (nSPS) is 43.5. The number of ether oxygens (including phenoxy) is 3. The van der Waals surface area contributed by atoms with Crippen molar-refractivity contribution in [2.45, 2.75) is 62.0 Å². The van der Waals surface area contributed by atoms with Crippen LogP contribution in [0.1, 0.15) is 44.9 Å². The zero-order valence-corrected chi connectivity index (χ0v) is 20.4. The Kier molecular flexibility index (Phi) is 4.75. The van der Waals surface area contributed by atoms with Gasteiger partial charge in [-0.15, -0.1) is 0 Å². The number of carbonyl (C=O) groups is 3. The molecule has 9 nitrogen and oxygen atoms in total. The predicted molar refractivity (Wildman–Crippen MR) is 121 cm³/mol. The summed E-state index contributed by atoms with van der Waals surface area (Å²) in [5, 5.41) is 0. The van der Waals surface area contributed by atoms with Gasteiger partial charge in [0.05, 0.1) is 22.1 Å². The summed E-state index contributed by atoms with van der Waals surface area (Å²) in [6.07, 6.45) is 5.64. The van der Waals surface area contributed by atoms with Gasteiger partial charge in [-0.1, -0.05) is 0 Å². The molecule has 0 aromatic heterocycles. The summed E-state index contributed by atoms with van der Waals surface area (Å²) in [6.45, 7) is 0. The van der Waals surface area contributed by atoms with Gasteiger partial charge in [-0.05, 0) is 87.0 Å². The van der Waals surface area contributed by atoms with Gasteiger partial charge in [-0.25, -0.2) is 0 Å². The van der Waals surface area contributed by atoms with Crippen LogP contribution >= 0.6 is 0 Å². The molecular formula is C26H28O9S. The second-order valence-electron chi connectivity index (χ2n) is 12.0. The number of hydrogen-bond acceptors (Lipinski definition) is 8. The molecule has 8 rings (SSSR count). The smallest absolute Gasteiger partial charge is 0.315 e. The van der Waals surface area contributed by atoms with Crippen LogP contribution in [-0.4, -0.2) is 43.1 Å². The summed E-state index contributed by atoms with van der Waals surface area (Å²) < 4.78 is 49.0. The summed E-state index contributed by atoms with van der Waals surface area (Å²) in [6, 6.07) is 4.81. The van der Waals surface area contributed by atoms with Gasteiger partial charge in [-0.3, -0.25) is 18.9 Å². The van der Waals surface area contributed by atoms with Crippen LogP contribution in [0.15, 0.2) is 29.2 Å². The van der Waals surface area contributed by atoms with E-state index in [1.165, 1.54) is 31.4 Å². The third kappa shape index (κ3) is 3.29. The molecule has 0 amide bonds. The minimum atomic E-state index is -4.37. The van der Waals surface area contributed by atoms with Crippen molar-refractivity contribution < 1.29 is 41.6 Å². The van der Waals surface area contributed by atoms with Gasteiger partial charge < -0.3 is 14.2 Å². The second kappa shape index (κ2) is 7.54. The number of rotatable bonds is 5. The highest BCUT2D eigenvalue weighted by Crippen LogP contribution is 2.62. The van der Waals surface area contributed by atoms with Crippen molar-refractivity contribution in [2.75, 3.05) is 0 Å². The second-order valence-corrected chi connectivity index (χ2v) is 13.4. The van der Waals surface area contributed by atoms with Gasteiger partial charge in [0, 0.05) is 11.8 Å². The third-order valence-corrected chi connectivity index (χ3v) is 10.7. The quantitative estimate of drug-likeness (QED) is 0.356. The molecule has 1 aliphatic heterocycles. The highest BCUT2D eigenvalue weighted by atomic mass is 32.2. The Morgan fingerprint density at radius 3 is 2.14 bits per heavy atom. The van der Waals surface area contributed by atoms with E-state index in [9.17, 15) is 22.8 Å². The topological polar surface area (TPSA) is 133 Å². The Bertz CT molecular complexity index is 1220. The lowest BCUT2D eigenvalue weighted by molar-refractivity contribution is -0.187. The molecule has 36 heavy (non-hydrogen) atoms. The number of benzene rings is 1. The molecule has 6 atom stereocenters. The van der Waals surface area contributed by atoms with E-state index in [0.717, 1.165) is 31.4 Å². The molecule has 7 fully saturated rings. The Balaban J connectivity index is 1.10. The first-order valence-electron chi connectivity index (χ1n) is 12.8. The van der Waals surface area contributed by atoms with Crippen LogP contribution in [-0.2, 0) is 34.0 Å². The fourth-order valence-electron chi connectivity index (χ4n) is 8.94. The van der Waals surface area contributed by atoms with Crippen molar-refractivity contribution in [2.24, 2.45) is 46.8 Å². The summed E-state index contributed by atoms with van der Waals surface area (Å²) in [5.41, 5.74) is -0.441. The standard InChI is InChI=1S/C26H28O9S/c27-23(33-15-1-3-16(4-2-15)36(30,31)32)19-18-8-17-20(19)24(28)34-21(17)22(18)35-25(29)26-9-12-5-13(10-26)7-14(6-12)11-26/h1-4,12-14,17-22H,5-11H2,(H,30,31,32)/t12?,13?,14?,17?,18-,19?,20?,21?,22?,26?/m1/s1. The van der Waals surface area contributed by atoms with Crippen LogP contribution in [0.3, 0.4) is 0 Å². The maximum atomic E-state index is 13.6. The maximum Gasteiger partial charge on any atom is 0.315 e. The molecule has 1 aromatic carbocycles. The van der Waals surface area contributed by atoms with Gasteiger partial charge in [-0.2, -0.15) is 8.42 Å². The van der Waals surface area contributed by atoms with E-state index < -0.39 is 51.5 Å². The van der Waals surface area contributed by atoms with Crippen molar-refractivity contribution in [1.29, 1.82) is 0 Å². The lowest BCUT2D eigenvalue weighted by Crippen LogP contribution is -2.53. The molecule has 1 aromatic rings. The van der Waals surface area contributed by atoms with Crippen molar-refractivity contribution >= 4 is 28.0 Å². The van der Waals surface area contributed by atoms with Gasteiger partial charge in [0.2, 0.25) is 0 Å². The Morgan fingerprint density at radius 1 is 0.944 bits per heavy atom. The minimum Gasteiger partial charge on any atom is -0.458 e. The summed E-state index contributed by atoms with van der Waals surface area (Å²) >= 11 is 0. The van der Waals surface area contributed by atoms with Crippen molar-refractivity contribution in [3.05, 3.63) is 24.3 Å². The van der Waals surface area contributed by atoms with Crippen LogP contribution in [0, 0.1) is 46.8 Å². The van der Waals surface area contributed by atoms with Crippen molar-refractivity contribution in [1.82, 2.24) is 0 Å². The van der Waals surface area contributed by atoms with Crippen molar-refractivity contribution in [3.8, 4) is 5.75 Å². The number of fused-ring (bicyclic) bond motifs is 1. The molecule has 192 valence electrons. The van der Waals surface area contributed by atoms with Crippen LogP contribution in [0.5, 0.6) is 5.75 Å². The zero-order chi connectivity index (χ0) is 25.0. The fraction of sp³-hybridized carbons (Fsp3) is 0.654. The molecule has 5 unspecified atom stereocenters. The fourth-order valence-corrected chi connectivity index (χ4v) is 9.42. The molecule has 1 N–H and O–H groups in total. The number of carbonyl (C=O) groups excluding carboxylic acids is 3. The van der Waals surface area contributed by atoms with E-state index in [4.69, 9.17) is 18.8 Å². The molecule has 6 aliphatic carbocycles. The van der Waals surface area contributed by atoms with Gasteiger partial charge in [0.25, 0.3) is 10.1 Å². The monoisotopic (exact) mass is 516 g/mol. The van der Waals surface area contributed by atoms with Gasteiger partial charge in [0.15, 0.2) is 0 Å². The molecule has 7 aliphatic rings. The van der Waals surface area contributed by atoms with Crippen LogP contribution in [0.25, 0.3) is 0 Å². The van der Waals surface area contributed by atoms with Gasteiger partial charge >= 0.3 is 17.9 Å².